The zero-order chi connectivity index (χ0) is 14.0. The second kappa shape index (κ2) is 5.68. The summed E-state index contributed by atoms with van der Waals surface area (Å²) in [4.78, 5) is 1.35. The second-order valence-electron chi connectivity index (χ2n) is 4.43. The van der Waals surface area contributed by atoms with Crippen LogP contribution in [0.3, 0.4) is 0 Å². The smallest absolute Gasteiger partial charge is 0.408 e. The van der Waals surface area contributed by atoms with Crippen LogP contribution in [0.2, 0.25) is 0 Å². The van der Waals surface area contributed by atoms with E-state index in [1.807, 2.05) is 0 Å². The molecule has 19 heavy (non-hydrogen) atoms. The Kier molecular flexibility index (Phi) is 4.37. The molecule has 1 aromatic carbocycles. The van der Waals surface area contributed by atoms with Crippen molar-refractivity contribution >= 4 is 15.9 Å². The standard InChI is InChI=1S/C12H14BrF3N2O/c13-8-1-2-10(19)9(7-8)11(12(14,15)16)18-5-3-17-4-6-18/h1-2,7,11,17,19H,3-6H2/t11-/m0/s1. The Labute approximate surface area is 117 Å². The lowest BCUT2D eigenvalue weighted by molar-refractivity contribution is -0.188. The van der Waals surface area contributed by atoms with Crippen LogP contribution in [-0.2, 0) is 0 Å². The van der Waals surface area contributed by atoms with E-state index in [2.05, 4.69) is 21.2 Å². The molecule has 1 atom stereocenters. The number of benzene rings is 1. The summed E-state index contributed by atoms with van der Waals surface area (Å²) in [6.45, 7) is 1.63. The monoisotopic (exact) mass is 338 g/mol. The number of nitrogens with zero attached hydrogens (tertiary/aromatic N) is 1. The lowest BCUT2D eigenvalue weighted by Gasteiger charge is -2.36. The first-order valence-corrected chi connectivity index (χ1v) is 6.69. The molecule has 1 fully saturated rings. The van der Waals surface area contributed by atoms with Crippen LogP contribution >= 0.6 is 15.9 Å². The van der Waals surface area contributed by atoms with Gasteiger partial charge in [-0.1, -0.05) is 15.9 Å². The zero-order valence-electron chi connectivity index (χ0n) is 10.0. The molecule has 0 aromatic heterocycles. The molecule has 3 nitrogen and oxygen atoms in total. The van der Waals surface area contributed by atoms with Crippen LogP contribution in [0.1, 0.15) is 11.6 Å². The van der Waals surface area contributed by atoms with Crippen LogP contribution in [0.5, 0.6) is 5.75 Å². The number of hydrogen-bond donors (Lipinski definition) is 2. The third kappa shape index (κ3) is 3.40. The molecule has 1 aliphatic rings. The van der Waals surface area contributed by atoms with Crippen molar-refractivity contribution in [3.63, 3.8) is 0 Å². The molecule has 2 N–H and O–H groups in total. The zero-order valence-corrected chi connectivity index (χ0v) is 11.6. The predicted octanol–water partition coefficient (Wildman–Crippen LogP) is 2.66. The molecular weight excluding hydrogens is 325 g/mol. The average Bonchev–Trinajstić information content (AvgIpc) is 2.33. The maximum absolute atomic E-state index is 13.3. The van der Waals surface area contributed by atoms with Crippen molar-refractivity contribution in [2.45, 2.75) is 12.2 Å². The quantitative estimate of drug-likeness (QED) is 0.870. The minimum absolute atomic E-state index is 0.108. The molecule has 1 heterocycles. The SMILES string of the molecule is Oc1ccc(Br)cc1[C@H](N1CCNCC1)C(F)(F)F. The van der Waals surface area contributed by atoms with E-state index in [-0.39, 0.29) is 11.3 Å². The number of aromatic hydroxyl groups is 1. The molecule has 0 aliphatic carbocycles. The highest BCUT2D eigenvalue weighted by atomic mass is 79.9. The van der Waals surface area contributed by atoms with Crippen molar-refractivity contribution in [1.82, 2.24) is 10.2 Å². The van der Waals surface area contributed by atoms with Crippen LogP contribution in [0.4, 0.5) is 13.2 Å². The summed E-state index contributed by atoms with van der Waals surface area (Å²) in [5.41, 5.74) is -0.108. The highest BCUT2D eigenvalue weighted by molar-refractivity contribution is 9.10. The molecule has 7 heteroatoms. The first kappa shape index (κ1) is 14.6. The van der Waals surface area contributed by atoms with Gasteiger partial charge in [-0.3, -0.25) is 4.90 Å². The van der Waals surface area contributed by atoms with Gasteiger partial charge in [-0.05, 0) is 18.2 Å². The molecule has 0 amide bonds. The van der Waals surface area contributed by atoms with Gasteiger partial charge in [-0.15, -0.1) is 0 Å². The van der Waals surface area contributed by atoms with E-state index in [0.29, 0.717) is 30.7 Å². The summed E-state index contributed by atoms with van der Waals surface area (Å²) in [5, 5.41) is 12.8. The molecule has 1 aromatic rings. The fraction of sp³-hybridized carbons (Fsp3) is 0.500. The highest BCUT2D eigenvalue weighted by Crippen LogP contribution is 2.42. The van der Waals surface area contributed by atoms with Gasteiger partial charge in [0.2, 0.25) is 0 Å². The summed E-state index contributed by atoms with van der Waals surface area (Å²) < 4.78 is 40.5. The number of nitrogens with one attached hydrogen (secondary N) is 1. The summed E-state index contributed by atoms with van der Waals surface area (Å²) >= 11 is 3.15. The minimum atomic E-state index is -4.42. The highest BCUT2D eigenvalue weighted by Gasteiger charge is 2.46. The molecule has 0 radical (unpaired) electrons. The van der Waals surface area contributed by atoms with Crippen molar-refractivity contribution in [3.8, 4) is 5.75 Å². The summed E-state index contributed by atoms with van der Waals surface area (Å²) in [5.74, 6) is -0.330. The van der Waals surface area contributed by atoms with Crippen molar-refractivity contribution in [2.24, 2.45) is 0 Å². The van der Waals surface area contributed by atoms with Crippen LogP contribution in [0.25, 0.3) is 0 Å². The van der Waals surface area contributed by atoms with Crippen LogP contribution in [0.15, 0.2) is 22.7 Å². The predicted molar refractivity (Wildman–Crippen MR) is 69.0 cm³/mol. The summed E-state index contributed by atoms with van der Waals surface area (Å²) in [7, 11) is 0. The Hall–Kier alpha value is -0.790. The van der Waals surface area contributed by atoms with Gasteiger partial charge < -0.3 is 10.4 Å². The molecule has 0 spiro atoms. The van der Waals surface area contributed by atoms with Crippen molar-refractivity contribution < 1.29 is 18.3 Å². The van der Waals surface area contributed by atoms with Crippen molar-refractivity contribution in [3.05, 3.63) is 28.2 Å². The number of halogens is 4. The van der Waals surface area contributed by atoms with Gasteiger partial charge >= 0.3 is 6.18 Å². The number of phenols is 1. The van der Waals surface area contributed by atoms with Gasteiger partial charge in [-0.25, -0.2) is 0 Å². The lowest BCUT2D eigenvalue weighted by atomic mass is 10.0. The van der Waals surface area contributed by atoms with E-state index in [1.165, 1.54) is 23.1 Å². The second-order valence-corrected chi connectivity index (χ2v) is 5.35. The Bertz CT molecular complexity index is 447. The third-order valence-corrected chi connectivity index (χ3v) is 3.60. The molecule has 2 rings (SSSR count). The van der Waals surface area contributed by atoms with Gasteiger partial charge in [0.15, 0.2) is 0 Å². The molecule has 1 aliphatic heterocycles. The number of piperazine rings is 1. The van der Waals surface area contributed by atoms with E-state index < -0.39 is 12.2 Å². The largest absolute Gasteiger partial charge is 0.508 e. The number of alkyl halides is 3. The van der Waals surface area contributed by atoms with E-state index >= 15 is 0 Å². The third-order valence-electron chi connectivity index (χ3n) is 3.11. The minimum Gasteiger partial charge on any atom is -0.508 e. The van der Waals surface area contributed by atoms with Crippen LogP contribution in [0, 0.1) is 0 Å². The molecule has 106 valence electrons. The molecule has 0 saturated carbocycles. The summed E-state index contributed by atoms with van der Waals surface area (Å²) in [6.07, 6.45) is -4.42. The van der Waals surface area contributed by atoms with Gasteiger partial charge in [0.1, 0.15) is 11.8 Å². The molecular formula is C12H14BrF3N2O. The molecule has 0 bridgehead atoms. The normalized spacial score (nSPS) is 19.4. The van der Waals surface area contributed by atoms with Gasteiger partial charge in [0.25, 0.3) is 0 Å². The fourth-order valence-corrected chi connectivity index (χ4v) is 2.64. The first-order chi connectivity index (χ1) is 8.89. The maximum atomic E-state index is 13.3. The lowest BCUT2D eigenvalue weighted by Crippen LogP contribution is -2.49. The van der Waals surface area contributed by atoms with E-state index in [1.54, 1.807) is 0 Å². The molecule has 0 unspecified atom stereocenters. The van der Waals surface area contributed by atoms with Crippen LogP contribution < -0.4 is 5.32 Å². The molecule has 1 saturated heterocycles. The maximum Gasteiger partial charge on any atom is 0.408 e. The number of hydrogen-bond acceptors (Lipinski definition) is 3. The van der Waals surface area contributed by atoms with Crippen molar-refractivity contribution in [2.75, 3.05) is 26.2 Å². The Morgan fingerprint density at radius 3 is 2.47 bits per heavy atom. The Balaban J connectivity index is 2.39. The average molecular weight is 339 g/mol. The van der Waals surface area contributed by atoms with E-state index in [0.717, 1.165) is 0 Å². The van der Waals surface area contributed by atoms with E-state index in [4.69, 9.17) is 0 Å². The first-order valence-electron chi connectivity index (χ1n) is 5.89. The van der Waals surface area contributed by atoms with Crippen molar-refractivity contribution in [1.29, 1.82) is 0 Å². The number of rotatable bonds is 2. The van der Waals surface area contributed by atoms with Gasteiger partial charge in [0, 0.05) is 36.2 Å². The van der Waals surface area contributed by atoms with Crippen LogP contribution in [-0.4, -0.2) is 42.4 Å². The van der Waals surface area contributed by atoms with Gasteiger partial charge in [-0.2, -0.15) is 13.2 Å². The Morgan fingerprint density at radius 2 is 1.89 bits per heavy atom. The Morgan fingerprint density at radius 1 is 1.26 bits per heavy atom. The summed E-state index contributed by atoms with van der Waals surface area (Å²) in [6, 6.07) is 2.35. The van der Waals surface area contributed by atoms with Gasteiger partial charge in [0.05, 0.1) is 0 Å². The number of phenolic OH excluding ortho intramolecular Hbond substituents is 1. The van der Waals surface area contributed by atoms with E-state index in [9.17, 15) is 18.3 Å². The topological polar surface area (TPSA) is 35.5 Å². The fourth-order valence-electron chi connectivity index (χ4n) is 2.26.